The second-order valence-corrected chi connectivity index (χ2v) is 4.70. The van der Waals surface area contributed by atoms with Crippen molar-refractivity contribution in [2.75, 3.05) is 7.11 Å². The number of fused-ring (bicyclic) bond motifs is 1. The number of benzene rings is 1. The number of ether oxygens (including phenoxy) is 2. The molecule has 0 saturated carbocycles. The molecule has 1 aromatic rings. The lowest BCUT2D eigenvalue weighted by atomic mass is 9.92. The van der Waals surface area contributed by atoms with Gasteiger partial charge in [-0.15, -0.1) is 0 Å². The minimum absolute atomic E-state index is 0.198. The van der Waals surface area contributed by atoms with Crippen LogP contribution in [0.4, 0.5) is 0 Å². The first kappa shape index (κ1) is 13.4. The fourth-order valence-corrected chi connectivity index (χ4v) is 2.31. The molecule has 4 N–H and O–H groups in total. The number of nitrogens with zero attached hydrogens (tertiary/aromatic N) is 2. The summed E-state index contributed by atoms with van der Waals surface area (Å²) in [5.41, 5.74) is 12.4. The van der Waals surface area contributed by atoms with E-state index in [2.05, 4.69) is 9.98 Å². The summed E-state index contributed by atoms with van der Waals surface area (Å²) in [7, 11) is 1.62. The highest BCUT2D eigenvalue weighted by Gasteiger charge is 2.32. The fraction of sp³-hybridized carbons (Fsp3) is 0.200. The van der Waals surface area contributed by atoms with Gasteiger partial charge in [0.2, 0.25) is 5.96 Å². The van der Waals surface area contributed by atoms with Crippen LogP contribution in [0.25, 0.3) is 0 Å². The van der Waals surface area contributed by atoms with E-state index in [-0.39, 0.29) is 11.9 Å². The maximum absolute atomic E-state index is 6.05. The monoisotopic (exact) mass is 284 g/mol. The van der Waals surface area contributed by atoms with Crippen LogP contribution in [0.2, 0.25) is 0 Å². The lowest BCUT2D eigenvalue weighted by Gasteiger charge is -2.28. The molecule has 3 rings (SSSR count). The third-order valence-corrected chi connectivity index (χ3v) is 3.31. The molecule has 6 nitrogen and oxygen atoms in total. The average Bonchev–Trinajstić information content (AvgIpc) is 2.47. The number of guanidine groups is 1. The van der Waals surface area contributed by atoms with Crippen LogP contribution in [-0.2, 0) is 0 Å². The molecular weight excluding hydrogens is 268 g/mol. The van der Waals surface area contributed by atoms with Crippen molar-refractivity contribution in [3.8, 4) is 11.5 Å². The summed E-state index contributed by atoms with van der Waals surface area (Å²) in [6, 6.07) is 7.34. The topological polar surface area (TPSA) is 95.2 Å². The van der Waals surface area contributed by atoms with Gasteiger partial charge >= 0.3 is 0 Å². The molecule has 21 heavy (non-hydrogen) atoms. The number of rotatable bonds is 3. The average molecular weight is 284 g/mol. The van der Waals surface area contributed by atoms with Crippen molar-refractivity contribution in [3.05, 3.63) is 48.3 Å². The van der Waals surface area contributed by atoms with Crippen molar-refractivity contribution < 1.29 is 9.47 Å². The normalized spacial score (nSPS) is 23.6. The Labute approximate surface area is 122 Å². The molecule has 0 saturated heterocycles. The molecular formula is C15H16N4O2. The van der Waals surface area contributed by atoms with Crippen LogP contribution in [0.5, 0.6) is 11.5 Å². The molecule has 2 unspecified atom stereocenters. The number of hydrogen-bond acceptors (Lipinski definition) is 6. The van der Waals surface area contributed by atoms with Crippen molar-refractivity contribution in [2.45, 2.75) is 6.17 Å². The second kappa shape index (κ2) is 5.41. The van der Waals surface area contributed by atoms with E-state index in [1.54, 1.807) is 7.11 Å². The minimum Gasteiger partial charge on any atom is -0.497 e. The Bertz CT molecular complexity index is 659. The molecule has 1 aliphatic heterocycles. The molecule has 0 amide bonds. The van der Waals surface area contributed by atoms with E-state index in [1.165, 1.54) is 0 Å². The molecule has 1 aromatic carbocycles. The van der Waals surface area contributed by atoms with Crippen LogP contribution in [-0.4, -0.2) is 24.9 Å². The lowest BCUT2D eigenvalue weighted by Crippen LogP contribution is -2.42. The van der Waals surface area contributed by atoms with E-state index >= 15 is 0 Å². The predicted octanol–water partition coefficient (Wildman–Crippen LogP) is 1.20. The smallest absolute Gasteiger partial charge is 0.217 e. The number of hydrogen-bond donors (Lipinski definition) is 2. The van der Waals surface area contributed by atoms with E-state index < -0.39 is 6.17 Å². The highest BCUT2D eigenvalue weighted by molar-refractivity contribution is 6.08. The van der Waals surface area contributed by atoms with Crippen LogP contribution in [0.15, 0.2) is 58.2 Å². The standard InChI is InChI=1S/C15H16N4O2/c1-20-9-5-7-10(8-6-9)21-12-4-2-3-11-13(12)14(16)19-15(17)18-11/h2-8,13-14H,16H2,1H3,(H2,17,19). The predicted molar refractivity (Wildman–Crippen MR) is 81.4 cm³/mol. The Morgan fingerprint density at radius 1 is 1.14 bits per heavy atom. The summed E-state index contributed by atoms with van der Waals surface area (Å²) < 4.78 is 11.0. The van der Waals surface area contributed by atoms with Crippen molar-refractivity contribution in [3.63, 3.8) is 0 Å². The molecule has 108 valence electrons. The maximum atomic E-state index is 6.05. The van der Waals surface area contributed by atoms with Gasteiger partial charge in [0.05, 0.1) is 18.7 Å². The summed E-state index contributed by atoms with van der Waals surface area (Å²) in [4.78, 5) is 8.31. The number of allylic oxidation sites excluding steroid dienone is 3. The van der Waals surface area contributed by atoms with E-state index in [1.807, 2.05) is 42.5 Å². The van der Waals surface area contributed by atoms with Gasteiger partial charge < -0.3 is 20.9 Å². The highest BCUT2D eigenvalue weighted by atomic mass is 16.5. The number of methoxy groups -OCH3 is 1. The van der Waals surface area contributed by atoms with Gasteiger partial charge in [-0.05, 0) is 36.4 Å². The van der Waals surface area contributed by atoms with Crippen molar-refractivity contribution in [1.82, 2.24) is 0 Å². The summed E-state index contributed by atoms with van der Waals surface area (Å²) in [6.45, 7) is 0. The van der Waals surface area contributed by atoms with Gasteiger partial charge in [0.25, 0.3) is 0 Å². The quantitative estimate of drug-likeness (QED) is 0.871. The van der Waals surface area contributed by atoms with Gasteiger partial charge in [0.1, 0.15) is 23.4 Å². The highest BCUT2D eigenvalue weighted by Crippen LogP contribution is 2.28. The molecule has 1 aliphatic carbocycles. The zero-order chi connectivity index (χ0) is 14.8. The van der Waals surface area contributed by atoms with E-state index in [9.17, 15) is 0 Å². The van der Waals surface area contributed by atoms with Crippen LogP contribution >= 0.6 is 0 Å². The Balaban J connectivity index is 1.83. The van der Waals surface area contributed by atoms with E-state index in [0.717, 1.165) is 11.5 Å². The van der Waals surface area contributed by atoms with Gasteiger partial charge in [-0.3, -0.25) is 0 Å². The molecule has 0 bridgehead atoms. The Hall–Kier alpha value is -2.60. The summed E-state index contributed by atoms with van der Waals surface area (Å²) in [5, 5.41) is 0. The molecule has 0 aromatic heterocycles. The molecule has 0 fully saturated rings. The summed E-state index contributed by atoms with van der Waals surface area (Å²) in [6.07, 6.45) is 5.10. The van der Waals surface area contributed by atoms with Gasteiger partial charge in [0, 0.05) is 0 Å². The Morgan fingerprint density at radius 3 is 2.57 bits per heavy atom. The first-order valence-electron chi connectivity index (χ1n) is 6.55. The Kier molecular flexibility index (Phi) is 3.45. The van der Waals surface area contributed by atoms with Gasteiger partial charge in [-0.25, -0.2) is 9.98 Å². The molecule has 2 atom stereocenters. The molecule has 2 aliphatic rings. The minimum atomic E-state index is -0.494. The fourth-order valence-electron chi connectivity index (χ4n) is 2.31. The van der Waals surface area contributed by atoms with Crippen molar-refractivity contribution in [1.29, 1.82) is 0 Å². The zero-order valence-corrected chi connectivity index (χ0v) is 11.6. The first-order valence-corrected chi connectivity index (χ1v) is 6.55. The number of nitrogens with two attached hydrogens (primary N) is 2. The summed E-state index contributed by atoms with van der Waals surface area (Å²) >= 11 is 0. The van der Waals surface area contributed by atoms with Crippen LogP contribution < -0.4 is 20.9 Å². The van der Waals surface area contributed by atoms with Crippen molar-refractivity contribution in [2.24, 2.45) is 27.4 Å². The maximum Gasteiger partial charge on any atom is 0.217 e. The van der Waals surface area contributed by atoms with Crippen LogP contribution in [0.1, 0.15) is 0 Å². The van der Waals surface area contributed by atoms with Crippen LogP contribution in [0, 0.1) is 5.92 Å². The molecule has 0 radical (unpaired) electrons. The molecule has 6 heteroatoms. The lowest BCUT2D eigenvalue weighted by molar-refractivity contribution is 0.357. The second-order valence-electron chi connectivity index (χ2n) is 4.70. The van der Waals surface area contributed by atoms with E-state index in [0.29, 0.717) is 11.5 Å². The largest absolute Gasteiger partial charge is 0.497 e. The first-order chi connectivity index (χ1) is 10.2. The Morgan fingerprint density at radius 2 is 1.86 bits per heavy atom. The molecule has 0 spiro atoms. The summed E-state index contributed by atoms with van der Waals surface area (Å²) in [5.74, 6) is 2.15. The van der Waals surface area contributed by atoms with E-state index in [4.69, 9.17) is 20.9 Å². The zero-order valence-electron chi connectivity index (χ0n) is 11.6. The van der Waals surface area contributed by atoms with Gasteiger partial charge in [-0.2, -0.15) is 0 Å². The van der Waals surface area contributed by atoms with Gasteiger partial charge in [-0.1, -0.05) is 6.08 Å². The van der Waals surface area contributed by atoms with Crippen molar-refractivity contribution >= 4 is 11.7 Å². The molecule has 1 heterocycles. The third kappa shape index (κ3) is 2.66. The van der Waals surface area contributed by atoms with Crippen LogP contribution in [0.3, 0.4) is 0 Å². The third-order valence-electron chi connectivity index (χ3n) is 3.31. The van der Waals surface area contributed by atoms with Gasteiger partial charge in [0.15, 0.2) is 0 Å². The SMILES string of the molecule is COc1ccc(OC2=CC=CC3=NC(N)=NC(N)C23)cc1. The number of aliphatic imine (C=N–C) groups is 2.